The molecule has 0 radical (unpaired) electrons. The molecule has 0 atom stereocenters. The minimum atomic E-state index is 1.06. The number of oxime groups is 1. The van der Waals surface area contributed by atoms with Crippen molar-refractivity contribution in [1.82, 2.24) is 0 Å². The zero-order chi connectivity index (χ0) is 11.0. The third-order valence-electron chi connectivity index (χ3n) is 1.61. The molecule has 3 heteroatoms. The molecule has 0 saturated carbocycles. The van der Waals surface area contributed by atoms with Gasteiger partial charge < -0.3 is 4.84 Å². The van der Waals surface area contributed by atoms with Gasteiger partial charge in [-0.25, -0.2) is 0 Å². The molecule has 14 heavy (non-hydrogen) atoms. The first kappa shape index (κ1) is 13.2. The predicted octanol–water partition coefficient (Wildman–Crippen LogP) is 3.76. The minimum absolute atomic E-state index is 1.06. The maximum absolute atomic E-state index is 4.59. The molecule has 1 aromatic rings. The molecule has 0 aliphatic carbocycles. The van der Waals surface area contributed by atoms with E-state index in [9.17, 15) is 0 Å². The smallest absolute Gasteiger partial charge is 0.106 e. The van der Waals surface area contributed by atoms with Crippen LogP contribution in [0.5, 0.6) is 0 Å². The Morgan fingerprint density at radius 1 is 1.36 bits per heavy atom. The fourth-order valence-electron chi connectivity index (χ4n) is 0.873. The predicted molar refractivity (Wildman–Crippen MR) is 64.8 cm³/mol. The van der Waals surface area contributed by atoms with Crippen LogP contribution in [0.4, 0.5) is 0 Å². The van der Waals surface area contributed by atoms with Gasteiger partial charge in [-0.3, -0.25) is 0 Å². The quantitative estimate of drug-likeness (QED) is 0.584. The number of rotatable bonds is 2. The van der Waals surface area contributed by atoms with Gasteiger partial charge in [-0.1, -0.05) is 47.1 Å². The molecule has 0 bridgehead atoms. The summed E-state index contributed by atoms with van der Waals surface area (Å²) in [5.74, 6) is 0. The summed E-state index contributed by atoms with van der Waals surface area (Å²) < 4.78 is 1.09. The lowest BCUT2D eigenvalue weighted by molar-refractivity contribution is 0.215. The minimum Gasteiger partial charge on any atom is -0.399 e. The standard InChI is InChI=1S/C9H10BrNO.C2H6/c1-7-8(6-11-12-2)4-3-5-9(7)10;1-2/h3-6H,1-2H3;1-2H3/b11-6+;. The summed E-state index contributed by atoms with van der Waals surface area (Å²) in [6, 6.07) is 5.95. The second-order valence-electron chi connectivity index (χ2n) is 2.37. The Morgan fingerprint density at radius 3 is 2.57 bits per heavy atom. The van der Waals surface area contributed by atoms with Crippen LogP contribution in [0.1, 0.15) is 25.0 Å². The largest absolute Gasteiger partial charge is 0.399 e. The van der Waals surface area contributed by atoms with E-state index in [2.05, 4.69) is 25.9 Å². The van der Waals surface area contributed by atoms with Crippen LogP contribution in [0.3, 0.4) is 0 Å². The third-order valence-corrected chi connectivity index (χ3v) is 2.47. The fourth-order valence-corrected chi connectivity index (χ4v) is 1.26. The molecule has 0 unspecified atom stereocenters. The first-order chi connectivity index (χ1) is 6.75. The molecular formula is C11H16BrNO. The van der Waals surface area contributed by atoms with Crippen LogP contribution < -0.4 is 0 Å². The number of hydrogen-bond donors (Lipinski definition) is 0. The van der Waals surface area contributed by atoms with E-state index < -0.39 is 0 Å². The summed E-state index contributed by atoms with van der Waals surface area (Å²) in [5.41, 5.74) is 2.23. The molecule has 0 aliphatic heterocycles. The van der Waals surface area contributed by atoms with Crippen LogP contribution in [-0.2, 0) is 4.84 Å². The summed E-state index contributed by atoms with van der Waals surface area (Å²) in [4.78, 5) is 4.59. The molecule has 78 valence electrons. The fraction of sp³-hybridized carbons (Fsp3) is 0.364. The molecule has 1 aromatic carbocycles. The van der Waals surface area contributed by atoms with E-state index in [0.29, 0.717) is 0 Å². The molecule has 0 saturated heterocycles. The number of hydrogen-bond acceptors (Lipinski definition) is 2. The van der Waals surface area contributed by atoms with Crippen molar-refractivity contribution in [1.29, 1.82) is 0 Å². The van der Waals surface area contributed by atoms with Crippen molar-refractivity contribution in [3.63, 3.8) is 0 Å². The molecule has 1 rings (SSSR count). The summed E-state index contributed by atoms with van der Waals surface area (Å²) in [6.45, 7) is 6.03. The van der Waals surface area contributed by atoms with Crippen LogP contribution in [0.25, 0.3) is 0 Å². The molecule has 0 heterocycles. The second-order valence-corrected chi connectivity index (χ2v) is 3.23. The van der Waals surface area contributed by atoms with Gasteiger partial charge in [0.15, 0.2) is 0 Å². The van der Waals surface area contributed by atoms with Crippen molar-refractivity contribution in [2.24, 2.45) is 5.16 Å². The Labute approximate surface area is 94.1 Å². The van der Waals surface area contributed by atoms with Crippen molar-refractivity contribution in [2.45, 2.75) is 20.8 Å². The summed E-state index contributed by atoms with van der Waals surface area (Å²) in [5, 5.41) is 3.70. The van der Waals surface area contributed by atoms with E-state index in [4.69, 9.17) is 0 Å². The van der Waals surface area contributed by atoms with Gasteiger partial charge in [0, 0.05) is 10.0 Å². The van der Waals surface area contributed by atoms with E-state index in [0.717, 1.165) is 10.0 Å². The summed E-state index contributed by atoms with van der Waals surface area (Å²) in [6.07, 6.45) is 1.69. The van der Waals surface area contributed by atoms with E-state index in [1.807, 2.05) is 39.0 Å². The highest BCUT2D eigenvalue weighted by molar-refractivity contribution is 9.10. The van der Waals surface area contributed by atoms with Gasteiger partial charge in [0.25, 0.3) is 0 Å². The second kappa shape index (κ2) is 7.56. The van der Waals surface area contributed by atoms with Crippen molar-refractivity contribution < 1.29 is 4.84 Å². The normalized spacial score (nSPS) is 9.50. The van der Waals surface area contributed by atoms with Crippen molar-refractivity contribution in [3.05, 3.63) is 33.8 Å². The van der Waals surface area contributed by atoms with E-state index in [1.165, 1.54) is 12.7 Å². The van der Waals surface area contributed by atoms with E-state index in [1.54, 1.807) is 6.21 Å². The van der Waals surface area contributed by atoms with Crippen molar-refractivity contribution in [3.8, 4) is 0 Å². The van der Waals surface area contributed by atoms with Gasteiger partial charge in [0.2, 0.25) is 0 Å². The van der Waals surface area contributed by atoms with Gasteiger partial charge in [-0.05, 0) is 18.6 Å². The molecule has 0 aromatic heterocycles. The van der Waals surface area contributed by atoms with Crippen LogP contribution in [0, 0.1) is 6.92 Å². The Hall–Kier alpha value is -0.830. The lowest BCUT2D eigenvalue weighted by Gasteiger charge is -2.00. The Kier molecular flexibility index (Phi) is 7.11. The van der Waals surface area contributed by atoms with Gasteiger partial charge in [-0.15, -0.1) is 0 Å². The molecule has 0 fully saturated rings. The first-order valence-electron chi connectivity index (χ1n) is 4.57. The highest BCUT2D eigenvalue weighted by Crippen LogP contribution is 2.17. The number of nitrogens with zero attached hydrogens (tertiary/aromatic N) is 1. The molecule has 0 N–H and O–H groups in total. The topological polar surface area (TPSA) is 21.6 Å². The van der Waals surface area contributed by atoms with Crippen LogP contribution in [0.2, 0.25) is 0 Å². The summed E-state index contributed by atoms with van der Waals surface area (Å²) >= 11 is 3.44. The van der Waals surface area contributed by atoms with Crippen molar-refractivity contribution in [2.75, 3.05) is 7.11 Å². The highest BCUT2D eigenvalue weighted by atomic mass is 79.9. The Balaban J connectivity index is 0.000000791. The lowest BCUT2D eigenvalue weighted by Crippen LogP contribution is -1.87. The molecule has 0 spiro atoms. The third kappa shape index (κ3) is 3.92. The van der Waals surface area contributed by atoms with Gasteiger partial charge in [-0.2, -0.15) is 0 Å². The van der Waals surface area contributed by atoms with E-state index in [-0.39, 0.29) is 0 Å². The van der Waals surface area contributed by atoms with Crippen molar-refractivity contribution >= 4 is 22.1 Å². The Morgan fingerprint density at radius 2 is 2.00 bits per heavy atom. The molecular weight excluding hydrogens is 242 g/mol. The SMILES string of the molecule is CC.CO/N=C/c1cccc(Br)c1C. The maximum atomic E-state index is 4.59. The van der Waals surface area contributed by atoms with Gasteiger partial charge in [0.05, 0.1) is 6.21 Å². The average Bonchev–Trinajstić information content (AvgIpc) is 2.23. The Bertz CT molecular complexity index is 297. The molecule has 2 nitrogen and oxygen atoms in total. The monoisotopic (exact) mass is 257 g/mol. The van der Waals surface area contributed by atoms with Crippen LogP contribution >= 0.6 is 15.9 Å². The van der Waals surface area contributed by atoms with Crippen LogP contribution in [0.15, 0.2) is 27.8 Å². The average molecular weight is 258 g/mol. The van der Waals surface area contributed by atoms with Crippen LogP contribution in [-0.4, -0.2) is 13.3 Å². The maximum Gasteiger partial charge on any atom is 0.106 e. The van der Waals surface area contributed by atoms with Gasteiger partial charge >= 0.3 is 0 Å². The zero-order valence-corrected chi connectivity index (χ0v) is 10.6. The first-order valence-corrected chi connectivity index (χ1v) is 5.36. The lowest BCUT2D eigenvalue weighted by atomic mass is 10.1. The van der Waals surface area contributed by atoms with E-state index >= 15 is 0 Å². The highest BCUT2D eigenvalue weighted by Gasteiger charge is 1.97. The zero-order valence-electron chi connectivity index (χ0n) is 9.04. The molecule has 0 amide bonds. The molecule has 0 aliphatic rings. The summed E-state index contributed by atoms with van der Waals surface area (Å²) in [7, 11) is 1.53. The van der Waals surface area contributed by atoms with Gasteiger partial charge in [0.1, 0.15) is 7.11 Å². The number of benzene rings is 1. The number of halogens is 1.